The van der Waals surface area contributed by atoms with Gasteiger partial charge in [-0.2, -0.15) is 5.10 Å². The zero-order valence-electron chi connectivity index (χ0n) is 8.95. The summed E-state index contributed by atoms with van der Waals surface area (Å²) in [5.74, 6) is 0.662. The molecule has 0 spiro atoms. The number of hydrogen-bond acceptors (Lipinski definition) is 4. The maximum Gasteiger partial charge on any atom is 0.292 e. The Morgan fingerprint density at radius 2 is 2.00 bits per heavy atom. The third-order valence-corrected chi connectivity index (χ3v) is 2.44. The van der Waals surface area contributed by atoms with Crippen LogP contribution in [0, 0.1) is 0 Å². The summed E-state index contributed by atoms with van der Waals surface area (Å²) in [6, 6.07) is 9.86. The lowest BCUT2D eigenvalue weighted by atomic mass is 10.2. The molecule has 3 rings (SSSR count). The predicted molar refractivity (Wildman–Crippen MR) is 63.5 cm³/mol. The van der Waals surface area contributed by atoms with Gasteiger partial charge in [-0.05, 0) is 30.3 Å². The van der Waals surface area contributed by atoms with Crippen molar-refractivity contribution >= 4 is 6.01 Å². The Labute approximate surface area is 97.5 Å². The van der Waals surface area contributed by atoms with Crippen molar-refractivity contribution < 1.29 is 4.42 Å². The quantitative estimate of drug-likeness (QED) is 0.726. The molecule has 5 nitrogen and oxygen atoms in total. The van der Waals surface area contributed by atoms with Gasteiger partial charge >= 0.3 is 0 Å². The average molecular weight is 226 g/mol. The van der Waals surface area contributed by atoms with Crippen LogP contribution in [-0.2, 0) is 0 Å². The first-order valence-corrected chi connectivity index (χ1v) is 5.15. The van der Waals surface area contributed by atoms with Gasteiger partial charge in [0.05, 0.1) is 11.9 Å². The highest BCUT2D eigenvalue weighted by Crippen LogP contribution is 2.22. The second-order valence-electron chi connectivity index (χ2n) is 3.56. The van der Waals surface area contributed by atoms with Crippen LogP contribution in [0.5, 0.6) is 0 Å². The van der Waals surface area contributed by atoms with E-state index in [1.165, 1.54) is 0 Å². The number of oxazole rings is 1. The Kier molecular flexibility index (Phi) is 2.15. The van der Waals surface area contributed by atoms with Crippen LogP contribution in [0.2, 0.25) is 0 Å². The van der Waals surface area contributed by atoms with Gasteiger partial charge in [-0.25, -0.2) is 9.67 Å². The molecule has 0 fully saturated rings. The van der Waals surface area contributed by atoms with Crippen LogP contribution < -0.4 is 5.73 Å². The third kappa shape index (κ3) is 1.78. The first-order valence-electron chi connectivity index (χ1n) is 5.15. The van der Waals surface area contributed by atoms with Crippen LogP contribution in [0.3, 0.4) is 0 Å². The Bertz CT molecular complexity index is 610. The van der Waals surface area contributed by atoms with Crippen LogP contribution >= 0.6 is 0 Å². The van der Waals surface area contributed by atoms with Crippen molar-refractivity contribution in [3.63, 3.8) is 0 Å². The molecule has 0 saturated heterocycles. The van der Waals surface area contributed by atoms with Crippen LogP contribution in [0.4, 0.5) is 6.01 Å². The van der Waals surface area contributed by atoms with E-state index in [4.69, 9.17) is 10.2 Å². The SMILES string of the molecule is Nc1ncc(-c2ccc(-n3cccn3)cc2)o1. The molecule has 0 bridgehead atoms. The topological polar surface area (TPSA) is 69.9 Å². The second kappa shape index (κ2) is 3.79. The van der Waals surface area contributed by atoms with E-state index in [-0.39, 0.29) is 6.01 Å². The van der Waals surface area contributed by atoms with Crippen molar-refractivity contribution in [2.75, 3.05) is 5.73 Å². The van der Waals surface area contributed by atoms with Gasteiger partial charge in [0.15, 0.2) is 5.76 Å². The molecule has 0 aliphatic carbocycles. The molecule has 0 aliphatic heterocycles. The van der Waals surface area contributed by atoms with Crippen LogP contribution in [0.25, 0.3) is 17.0 Å². The fourth-order valence-electron chi connectivity index (χ4n) is 1.62. The smallest absolute Gasteiger partial charge is 0.292 e. The maximum atomic E-state index is 5.43. The normalized spacial score (nSPS) is 10.6. The van der Waals surface area contributed by atoms with Crippen molar-refractivity contribution in [3.8, 4) is 17.0 Å². The molecular weight excluding hydrogens is 216 g/mol. The summed E-state index contributed by atoms with van der Waals surface area (Å²) in [6.45, 7) is 0. The molecule has 0 atom stereocenters. The zero-order chi connectivity index (χ0) is 11.7. The molecule has 2 N–H and O–H groups in total. The van der Waals surface area contributed by atoms with Crippen molar-refractivity contribution in [2.45, 2.75) is 0 Å². The minimum Gasteiger partial charge on any atom is -0.424 e. The maximum absolute atomic E-state index is 5.43. The molecule has 2 aromatic heterocycles. The lowest BCUT2D eigenvalue weighted by Gasteiger charge is -2.01. The summed E-state index contributed by atoms with van der Waals surface area (Å²) >= 11 is 0. The van der Waals surface area contributed by atoms with E-state index in [1.807, 2.05) is 36.5 Å². The van der Waals surface area contributed by atoms with Crippen molar-refractivity contribution in [2.24, 2.45) is 0 Å². The molecular formula is C12H10N4O. The molecule has 0 radical (unpaired) electrons. The Hall–Kier alpha value is -2.56. The van der Waals surface area contributed by atoms with E-state index in [1.54, 1.807) is 17.1 Å². The second-order valence-corrected chi connectivity index (χ2v) is 3.56. The molecule has 84 valence electrons. The monoisotopic (exact) mass is 226 g/mol. The Morgan fingerprint density at radius 1 is 1.18 bits per heavy atom. The number of nitrogens with zero attached hydrogens (tertiary/aromatic N) is 3. The van der Waals surface area contributed by atoms with Gasteiger partial charge in [0.1, 0.15) is 0 Å². The minimum absolute atomic E-state index is 0.177. The average Bonchev–Trinajstić information content (AvgIpc) is 3.00. The first-order chi connectivity index (χ1) is 8.33. The van der Waals surface area contributed by atoms with Gasteiger partial charge in [-0.1, -0.05) is 0 Å². The molecule has 17 heavy (non-hydrogen) atoms. The molecule has 0 amide bonds. The zero-order valence-corrected chi connectivity index (χ0v) is 8.95. The van der Waals surface area contributed by atoms with Crippen LogP contribution in [-0.4, -0.2) is 14.8 Å². The van der Waals surface area contributed by atoms with E-state index in [9.17, 15) is 0 Å². The summed E-state index contributed by atoms with van der Waals surface area (Å²) in [5.41, 5.74) is 7.36. The molecule has 3 aromatic rings. The molecule has 0 unspecified atom stereocenters. The summed E-state index contributed by atoms with van der Waals surface area (Å²) < 4.78 is 7.03. The van der Waals surface area contributed by atoms with Crippen molar-refractivity contribution in [1.29, 1.82) is 0 Å². The Balaban J connectivity index is 1.95. The number of aromatic nitrogens is 3. The standard InChI is InChI=1S/C12H10N4O/c13-12-14-8-11(17-12)9-2-4-10(5-3-9)16-7-1-6-15-16/h1-8H,(H2,13,14). The summed E-state index contributed by atoms with van der Waals surface area (Å²) in [6.07, 6.45) is 5.24. The van der Waals surface area contributed by atoms with Gasteiger partial charge in [-0.15, -0.1) is 0 Å². The highest BCUT2D eigenvalue weighted by Gasteiger charge is 2.04. The predicted octanol–water partition coefficient (Wildman–Crippen LogP) is 2.11. The molecule has 2 heterocycles. The van der Waals surface area contributed by atoms with E-state index in [0.717, 1.165) is 11.3 Å². The van der Waals surface area contributed by atoms with Crippen molar-refractivity contribution in [3.05, 3.63) is 48.9 Å². The van der Waals surface area contributed by atoms with E-state index in [2.05, 4.69) is 10.1 Å². The fourth-order valence-corrected chi connectivity index (χ4v) is 1.62. The van der Waals surface area contributed by atoms with E-state index < -0.39 is 0 Å². The number of rotatable bonds is 2. The number of anilines is 1. The van der Waals surface area contributed by atoms with E-state index in [0.29, 0.717) is 5.76 Å². The highest BCUT2D eigenvalue weighted by atomic mass is 16.4. The van der Waals surface area contributed by atoms with Gasteiger partial charge in [0.25, 0.3) is 6.01 Å². The number of hydrogen-bond donors (Lipinski definition) is 1. The fraction of sp³-hybridized carbons (Fsp3) is 0. The summed E-state index contributed by atoms with van der Waals surface area (Å²) in [4.78, 5) is 3.86. The third-order valence-electron chi connectivity index (χ3n) is 2.44. The van der Waals surface area contributed by atoms with Gasteiger partial charge in [-0.3, -0.25) is 0 Å². The number of nitrogens with two attached hydrogens (primary N) is 1. The largest absolute Gasteiger partial charge is 0.424 e. The molecule has 1 aromatic carbocycles. The van der Waals surface area contributed by atoms with Crippen molar-refractivity contribution in [1.82, 2.24) is 14.8 Å². The van der Waals surface area contributed by atoms with Gasteiger partial charge in [0, 0.05) is 18.0 Å². The van der Waals surface area contributed by atoms with Crippen LogP contribution in [0.1, 0.15) is 0 Å². The van der Waals surface area contributed by atoms with Gasteiger partial charge < -0.3 is 10.2 Å². The van der Waals surface area contributed by atoms with Gasteiger partial charge in [0.2, 0.25) is 0 Å². The first kappa shape index (κ1) is 9.65. The Morgan fingerprint density at radius 3 is 2.59 bits per heavy atom. The van der Waals surface area contributed by atoms with Crippen LogP contribution in [0.15, 0.2) is 53.3 Å². The lowest BCUT2D eigenvalue weighted by Crippen LogP contribution is -1.93. The summed E-state index contributed by atoms with van der Waals surface area (Å²) in [7, 11) is 0. The molecule has 0 saturated carbocycles. The highest BCUT2D eigenvalue weighted by molar-refractivity contribution is 5.59. The minimum atomic E-state index is 0.177. The number of nitrogen functional groups attached to an aromatic ring is 1. The molecule has 5 heteroatoms. The van der Waals surface area contributed by atoms with E-state index >= 15 is 0 Å². The molecule has 0 aliphatic rings. The number of benzene rings is 1. The summed E-state index contributed by atoms with van der Waals surface area (Å²) in [5, 5.41) is 4.15. The lowest BCUT2D eigenvalue weighted by molar-refractivity contribution is 0.595.